The normalized spacial score (nSPS) is 30.0. The number of hydrogen-bond donors (Lipinski definition) is 3. The summed E-state index contributed by atoms with van der Waals surface area (Å²) in [6.07, 6.45) is 10.5. The number of carboxylic acids is 1. The summed E-state index contributed by atoms with van der Waals surface area (Å²) in [5, 5.41) is 14.3. The predicted molar refractivity (Wildman–Crippen MR) is 78.8 cm³/mol. The van der Waals surface area contributed by atoms with Crippen LogP contribution in [0, 0.1) is 12.3 Å². The summed E-state index contributed by atoms with van der Waals surface area (Å²) in [6, 6.07) is -0.324. The molecule has 0 radical (unpaired) electrons. The Morgan fingerprint density at radius 1 is 1.38 bits per heavy atom. The third-order valence-electron chi connectivity index (χ3n) is 4.60. The minimum atomic E-state index is -1.11. The zero-order valence-corrected chi connectivity index (χ0v) is 12.3. The van der Waals surface area contributed by atoms with Crippen molar-refractivity contribution in [3.05, 3.63) is 0 Å². The molecule has 3 atom stereocenters. The fourth-order valence-corrected chi connectivity index (χ4v) is 3.44. The van der Waals surface area contributed by atoms with E-state index in [2.05, 4.69) is 28.5 Å². The zero-order chi connectivity index (χ0) is 15.4. The molecule has 0 aromatic heterocycles. The number of carboxylic acid groups (broad SMARTS) is 1. The number of nitrogens with zero attached hydrogens (tertiary/aromatic N) is 1. The number of carbonyl (C=O) groups excluding carboxylic acids is 1. The van der Waals surface area contributed by atoms with E-state index in [1.165, 1.54) is 19.3 Å². The van der Waals surface area contributed by atoms with Gasteiger partial charge in [-0.1, -0.05) is 6.42 Å². The molecule has 0 aromatic rings. The Morgan fingerprint density at radius 3 is 2.52 bits per heavy atom. The fraction of sp³-hybridized carbons (Fsp3) is 0.733. The third-order valence-corrected chi connectivity index (χ3v) is 4.60. The number of piperidine rings is 2. The maximum absolute atomic E-state index is 11.9. The Balaban J connectivity index is 1.86. The van der Waals surface area contributed by atoms with Crippen molar-refractivity contribution in [2.45, 2.75) is 62.7 Å². The monoisotopic (exact) mass is 293 g/mol. The van der Waals surface area contributed by atoms with Crippen LogP contribution in [-0.2, 0) is 4.79 Å². The number of hydrogen-bond acceptors (Lipinski definition) is 3. The zero-order valence-electron chi connectivity index (χ0n) is 12.3. The molecule has 116 valence electrons. The predicted octanol–water partition coefficient (Wildman–Crippen LogP) is 0.777. The molecule has 2 heterocycles. The first-order valence-electron chi connectivity index (χ1n) is 7.46. The van der Waals surface area contributed by atoms with Crippen molar-refractivity contribution in [1.82, 2.24) is 15.5 Å². The third kappa shape index (κ3) is 3.88. The number of urea groups is 1. The molecule has 0 aliphatic carbocycles. The molecule has 0 saturated carbocycles. The highest BCUT2D eigenvalue weighted by Gasteiger charge is 2.36. The van der Waals surface area contributed by atoms with Crippen molar-refractivity contribution in [1.29, 1.82) is 0 Å². The van der Waals surface area contributed by atoms with Gasteiger partial charge in [0.2, 0.25) is 0 Å². The van der Waals surface area contributed by atoms with Gasteiger partial charge in [0.05, 0.1) is 0 Å². The van der Waals surface area contributed by atoms with Crippen LogP contribution in [0.15, 0.2) is 0 Å². The molecule has 2 aliphatic rings. The van der Waals surface area contributed by atoms with Crippen LogP contribution in [0.5, 0.6) is 0 Å². The van der Waals surface area contributed by atoms with E-state index in [0.29, 0.717) is 12.1 Å². The lowest BCUT2D eigenvalue weighted by Gasteiger charge is -2.47. The molecule has 2 saturated heterocycles. The minimum absolute atomic E-state index is 0.0125. The van der Waals surface area contributed by atoms with Gasteiger partial charge in [-0.15, -0.1) is 12.3 Å². The Hall–Kier alpha value is -1.74. The van der Waals surface area contributed by atoms with Crippen LogP contribution in [-0.4, -0.2) is 53.2 Å². The average Bonchev–Trinajstić information content (AvgIpc) is 2.39. The van der Waals surface area contributed by atoms with Gasteiger partial charge in [0.25, 0.3) is 0 Å². The Morgan fingerprint density at radius 2 is 2.00 bits per heavy atom. The van der Waals surface area contributed by atoms with Gasteiger partial charge in [-0.25, -0.2) is 9.59 Å². The number of terminal acetylenes is 1. The first-order valence-corrected chi connectivity index (χ1v) is 7.46. The Bertz CT molecular complexity index is 432. The van der Waals surface area contributed by atoms with E-state index in [9.17, 15) is 9.59 Å². The van der Waals surface area contributed by atoms with Gasteiger partial charge in [-0.3, -0.25) is 0 Å². The lowest BCUT2D eigenvalue weighted by Crippen LogP contribution is -2.57. The van der Waals surface area contributed by atoms with E-state index >= 15 is 0 Å². The van der Waals surface area contributed by atoms with E-state index in [-0.39, 0.29) is 12.5 Å². The summed E-state index contributed by atoms with van der Waals surface area (Å²) in [7, 11) is 2.15. The minimum Gasteiger partial charge on any atom is -0.480 e. The molecular formula is C15H23N3O3. The topological polar surface area (TPSA) is 81.7 Å². The molecule has 2 fully saturated rings. The summed E-state index contributed by atoms with van der Waals surface area (Å²) in [5.41, 5.74) is 0. The van der Waals surface area contributed by atoms with Crippen molar-refractivity contribution < 1.29 is 14.7 Å². The largest absolute Gasteiger partial charge is 0.480 e. The lowest BCUT2D eigenvalue weighted by atomic mass is 9.82. The molecule has 2 rings (SSSR count). The van der Waals surface area contributed by atoms with Crippen LogP contribution in [0.1, 0.15) is 38.5 Å². The second-order valence-electron chi connectivity index (χ2n) is 5.99. The number of aliphatic carboxylic acids is 1. The Kier molecular flexibility index (Phi) is 5.07. The molecule has 6 nitrogen and oxygen atoms in total. The summed E-state index contributed by atoms with van der Waals surface area (Å²) in [5.74, 6) is 1.16. The second kappa shape index (κ2) is 6.81. The molecule has 2 bridgehead atoms. The van der Waals surface area contributed by atoms with Crippen LogP contribution < -0.4 is 10.6 Å². The van der Waals surface area contributed by atoms with Gasteiger partial charge in [0.15, 0.2) is 0 Å². The summed E-state index contributed by atoms with van der Waals surface area (Å²) < 4.78 is 0. The number of nitrogens with one attached hydrogen (secondary N) is 2. The summed E-state index contributed by atoms with van der Waals surface area (Å²) in [6.45, 7) is 0. The van der Waals surface area contributed by atoms with Crippen molar-refractivity contribution in [2.75, 3.05) is 7.05 Å². The highest BCUT2D eigenvalue weighted by molar-refractivity contribution is 5.82. The van der Waals surface area contributed by atoms with E-state index in [1.807, 2.05) is 0 Å². The fourth-order valence-electron chi connectivity index (χ4n) is 3.44. The van der Waals surface area contributed by atoms with Crippen molar-refractivity contribution >= 4 is 12.0 Å². The molecule has 0 aromatic carbocycles. The lowest BCUT2D eigenvalue weighted by molar-refractivity contribution is -0.139. The number of fused-ring (bicyclic) bond motifs is 2. The van der Waals surface area contributed by atoms with E-state index in [0.717, 1.165) is 12.8 Å². The first-order chi connectivity index (χ1) is 10.0. The van der Waals surface area contributed by atoms with Gasteiger partial charge < -0.3 is 20.6 Å². The first kappa shape index (κ1) is 15.6. The molecule has 0 spiro atoms. The maximum Gasteiger partial charge on any atom is 0.327 e. The van der Waals surface area contributed by atoms with Crippen LogP contribution in [0.2, 0.25) is 0 Å². The molecule has 3 N–H and O–H groups in total. The van der Waals surface area contributed by atoms with E-state index in [4.69, 9.17) is 11.5 Å². The van der Waals surface area contributed by atoms with Crippen LogP contribution >= 0.6 is 0 Å². The van der Waals surface area contributed by atoms with Crippen molar-refractivity contribution in [3.63, 3.8) is 0 Å². The number of amides is 2. The molecule has 21 heavy (non-hydrogen) atoms. The summed E-state index contributed by atoms with van der Waals surface area (Å²) in [4.78, 5) is 25.3. The smallest absolute Gasteiger partial charge is 0.327 e. The number of rotatable bonds is 4. The molecule has 3 unspecified atom stereocenters. The van der Waals surface area contributed by atoms with Gasteiger partial charge in [-0.05, 0) is 32.7 Å². The van der Waals surface area contributed by atoms with Gasteiger partial charge in [0, 0.05) is 24.5 Å². The standard InChI is InChI=1S/C15H23N3O3/c1-3-5-13(14(19)20)17-15(21)16-10-8-11-6-4-7-12(9-10)18(11)2/h1,10-13H,4-9H2,2H3,(H,19,20)(H2,16,17,21). The molecule has 6 heteroatoms. The van der Waals surface area contributed by atoms with Gasteiger partial charge in [-0.2, -0.15) is 0 Å². The molecule has 2 aliphatic heterocycles. The van der Waals surface area contributed by atoms with Crippen molar-refractivity contribution in [2.24, 2.45) is 0 Å². The van der Waals surface area contributed by atoms with Gasteiger partial charge in [0.1, 0.15) is 6.04 Å². The van der Waals surface area contributed by atoms with Gasteiger partial charge >= 0.3 is 12.0 Å². The second-order valence-corrected chi connectivity index (χ2v) is 5.99. The van der Waals surface area contributed by atoms with Crippen LogP contribution in [0.25, 0.3) is 0 Å². The Labute approximate surface area is 125 Å². The number of carbonyl (C=O) groups is 2. The van der Waals surface area contributed by atoms with E-state index < -0.39 is 18.0 Å². The van der Waals surface area contributed by atoms with E-state index in [1.54, 1.807) is 0 Å². The average molecular weight is 293 g/mol. The summed E-state index contributed by atoms with van der Waals surface area (Å²) >= 11 is 0. The van der Waals surface area contributed by atoms with Crippen LogP contribution in [0.4, 0.5) is 4.79 Å². The highest BCUT2D eigenvalue weighted by atomic mass is 16.4. The van der Waals surface area contributed by atoms with Crippen LogP contribution in [0.3, 0.4) is 0 Å². The SMILES string of the molecule is C#CCC(NC(=O)NC1CC2CCCC(C1)N2C)C(=O)O. The maximum atomic E-state index is 11.9. The highest BCUT2D eigenvalue weighted by Crippen LogP contribution is 2.32. The molecule has 2 amide bonds. The quantitative estimate of drug-likeness (QED) is 0.669. The van der Waals surface area contributed by atoms with Crippen molar-refractivity contribution in [3.8, 4) is 12.3 Å². The molecular weight excluding hydrogens is 270 g/mol.